The lowest BCUT2D eigenvalue weighted by Crippen LogP contribution is -2.28. The van der Waals surface area contributed by atoms with Crippen LogP contribution in [-0.4, -0.2) is 28.6 Å². The molecule has 0 radical (unpaired) electrons. The number of anilines is 2. The molecule has 148 valence electrons. The van der Waals surface area contributed by atoms with Gasteiger partial charge in [-0.05, 0) is 31.0 Å². The highest BCUT2D eigenvalue weighted by molar-refractivity contribution is 7.15. The maximum atomic E-state index is 13.4. The summed E-state index contributed by atoms with van der Waals surface area (Å²) in [7, 11) is 0. The summed E-state index contributed by atoms with van der Waals surface area (Å²) >= 11 is 7.22. The Morgan fingerprint density at radius 2 is 2.04 bits per heavy atom. The Bertz CT molecular complexity index is 900. The minimum Gasteiger partial charge on any atom is -0.312 e. The highest BCUT2D eigenvalue weighted by Crippen LogP contribution is 2.35. The zero-order valence-electron chi connectivity index (χ0n) is 15.2. The first-order chi connectivity index (χ1) is 13.5. The van der Waals surface area contributed by atoms with Gasteiger partial charge in [-0.15, -0.1) is 10.2 Å². The monoisotopic (exact) mass is 422 g/mol. The van der Waals surface area contributed by atoms with Crippen LogP contribution in [0.2, 0.25) is 5.02 Å². The highest BCUT2D eigenvalue weighted by Gasteiger charge is 2.36. The van der Waals surface area contributed by atoms with Crippen LogP contribution in [0.4, 0.5) is 15.2 Å². The molecule has 2 aliphatic rings. The second kappa shape index (κ2) is 8.13. The summed E-state index contributed by atoms with van der Waals surface area (Å²) in [5, 5.41) is 12.5. The predicted molar refractivity (Wildman–Crippen MR) is 106 cm³/mol. The molecule has 2 aromatic rings. The summed E-state index contributed by atoms with van der Waals surface area (Å²) in [6.07, 6.45) is 6.02. The molecule has 1 atom stereocenters. The highest BCUT2D eigenvalue weighted by atomic mass is 35.5. The number of amides is 2. The van der Waals surface area contributed by atoms with Gasteiger partial charge in [0.2, 0.25) is 16.9 Å². The maximum Gasteiger partial charge on any atom is 0.231 e. The Kier molecular flexibility index (Phi) is 5.59. The fourth-order valence-electron chi connectivity index (χ4n) is 3.79. The lowest BCUT2D eigenvalue weighted by atomic mass is 9.90. The van der Waals surface area contributed by atoms with Crippen molar-refractivity contribution in [1.29, 1.82) is 0 Å². The minimum absolute atomic E-state index is 0.0534. The van der Waals surface area contributed by atoms with Crippen LogP contribution in [0.1, 0.15) is 49.5 Å². The maximum absolute atomic E-state index is 13.4. The molecule has 0 bridgehead atoms. The van der Waals surface area contributed by atoms with Gasteiger partial charge in [0, 0.05) is 24.6 Å². The number of aromatic nitrogens is 2. The normalized spacial score (nSPS) is 20.6. The van der Waals surface area contributed by atoms with Crippen molar-refractivity contribution in [2.24, 2.45) is 5.92 Å². The second-order valence-corrected chi connectivity index (χ2v) is 8.69. The van der Waals surface area contributed by atoms with Crippen LogP contribution < -0.4 is 10.2 Å². The number of hydrogen-bond acceptors (Lipinski definition) is 5. The van der Waals surface area contributed by atoms with Crippen LogP contribution in [-0.2, 0) is 9.59 Å². The molecule has 9 heteroatoms. The number of nitrogens with zero attached hydrogens (tertiary/aromatic N) is 3. The topological polar surface area (TPSA) is 75.2 Å². The lowest BCUT2D eigenvalue weighted by molar-refractivity contribution is -0.122. The summed E-state index contributed by atoms with van der Waals surface area (Å²) in [6, 6.07) is 4.10. The summed E-state index contributed by atoms with van der Waals surface area (Å²) in [6.45, 7) is 0.223. The van der Waals surface area contributed by atoms with Crippen molar-refractivity contribution in [2.45, 2.75) is 44.4 Å². The molecule has 2 fully saturated rings. The molecule has 1 unspecified atom stereocenters. The third-order valence-electron chi connectivity index (χ3n) is 5.34. The summed E-state index contributed by atoms with van der Waals surface area (Å²) in [5.41, 5.74) is 0.488. The van der Waals surface area contributed by atoms with Crippen LogP contribution in [0.15, 0.2) is 18.2 Å². The van der Waals surface area contributed by atoms with Gasteiger partial charge < -0.3 is 10.2 Å². The first kappa shape index (κ1) is 19.3. The van der Waals surface area contributed by atoms with Gasteiger partial charge in [0.05, 0.1) is 10.9 Å². The van der Waals surface area contributed by atoms with Crippen molar-refractivity contribution >= 4 is 45.6 Å². The lowest BCUT2D eigenvalue weighted by Gasteiger charge is -2.18. The molecule has 1 saturated heterocycles. The van der Waals surface area contributed by atoms with Gasteiger partial charge in [-0.3, -0.25) is 9.59 Å². The van der Waals surface area contributed by atoms with E-state index in [-0.39, 0.29) is 29.8 Å². The van der Waals surface area contributed by atoms with E-state index in [0.29, 0.717) is 16.7 Å². The van der Waals surface area contributed by atoms with Gasteiger partial charge in [-0.2, -0.15) is 0 Å². The Morgan fingerprint density at radius 1 is 1.25 bits per heavy atom. The van der Waals surface area contributed by atoms with E-state index in [1.165, 1.54) is 53.7 Å². The first-order valence-electron chi connectivity index (χ1n) is 9.41. The molecular weight excluding hydrogens is 403 g/mol. The van der Waals surface area contributed by atoms with E-state index < -0.39 is 11.7 Å². The molecule has 2 heterocycles. The number of hydrogen-bond donors (Lipinski definition) is 1. The number of benzene rings is 1. The molecule has 1 aliphatic carbocycles. The second-order valence-electron chi connectivity index (χ2n) is 7.27. The molecule has 4 rings (SSSR count). The summed E-state index contributed by atoms with van der Waals surface area (Å²) in [5.74, 6) is -1.06. The van der Waals surface area contributed by atoms with Gasteiger partial charge in [-0.25, -0.2) is 4.39 Å². The molecule has 6 nitrogen and oxygen atoms in total. The van der Waals surface area contributed by atoms with E-state index in [4.69, 9.17) is 11.6 Å². The minimum atomic E-state index is -0.545. The molecule has 2 amide bonds. The average Bonchev–Trinajstić information content (AvgIpc) is 3.31. The van der Waals surface area contributed by atoms with E-state index in [1.54, 1.807) is 0 Å². The Balaban J connectivity index is 1.39. The van der Waals surface area contributed by atoms with Crippen molar-refractivity contribution in [2.75, 3.05) is 16.8 Å². The number of carbonyl (C=O) groups is 2. The van der Waals surface area contributed by atoms with Crippen LogP contribution in [0, 0.1) is 11.7 Å². The SMILES string of the molecule is O=C(Nc1nnc(C2CCCCC2)s1)C1CC(=O)N(c2ccc(F)c(Cl)c2)C1. The van der Waals surface area contributed by atoms with Gasteiger partial charge in [-0.1, -0.05) is 42.2 Å². The largest absolute Gasteiger partial charge is 0.312 e. The van der Waals surface area contributed by atoms with E-state index in [9.17, 15) is 14.0 Å². The zero-order chi connectivity index (χ0) is 19.7. The van der Waals surface area contributed by atoms with E-state index in [1.807, 2.05) is 0 Å². The van der Waals surface area contributed by atoms with Crippen molar-refractivity contribution in [1.82, 2.24) is 10.2 Å². The molecule has 1 saturated carbocycles. The standard InChI is InChI=1S/C19H20ClFN4O2S/c20-14-9-13(6-7-15(14)21)25-10-12(8-16(25)26)17(27)22-19-24-23-18(28-19)11-4-2-1-3-5-11/h6-7,9,11-12H,1-5,8,10H2,(H,22,24,27). The number of halogens is 2. The van der Waals surface area contributed by atoms with Gasteiger partial charge in [0.25, 0.3) is 0 Å². The first-order valence-corrected chi connectivity index (χ1v) is 10.6. The average molecular weight is 423 g/mol. The molecule has 28 heavy (non-hydrogen) atoms. The summed E-state index contributed by atoms with van der Waals surface area (Å²) in [4.78, 5) is 26.4. The van der Waals surface area contributed by atoms with Crippen molar-refractivity contribution in [3.8, 4) is 0 Å². The Morgan fingerprint density at radius 3 is 2.79 bits per heavy atom. The number of rotatable bonds is 4. The van der Waals surface area contributed by atoms with Gasteiger partial charge in [0.15, 0.2) is 0 Å². The van der Waals surface area contributed by atoms with Crippen LogP contribution in [0.5, 0.6) is 0 Å². The van der Waals surface area contributed by atoms with E-state index in [0.717, 1.165) is 17.8 Å². The number of carbonyl (C=O) groups excluding carboxylic acids is 2. The molecule has 1 aliphatic heterocycles. The van der Waals surface area contributed by atoms with E-state index in [2.05, 4.69) is 15.5 Å². The summed E-state index contributed by atoms with van der Waals surface area (Å²) < 4.78 is 13.4. The fraction of sp³-hybridized carbons (Fsp3) is 0.474. The van der Waals surface area contributed by atoms with Crippen LogP contribution in [0.3, 0.4) is 0 Å². The molecular formula is C19H20ClFN4O2S. The fourth-order valence-corrected chi connectivity index (χ4v) is 4.88. The van der Waals surface area contributed by atoms with Gasteiger partial charge in [0.1, 0.15) is 10.8 Å². The van der Waals surface area contributed by atoms with Crippen LogP contribution >= 0.6 is 22.9 Å². The zero-order valence-corrected chi connectivity index (χ0v) is 16.7. The van der Waals surface area contributed by atoms with Gasteiger partial charge >= 0.3 is 0 Å². The predicted octanol–water partition coefficient (Wildman–Crippen LogP) is 4.37. The molecule has 1 N–H and O–H groups in total. The van der Waals surface area contributed by atoms with Crippen LogP contribution in [0.25, 0.3) is 0 Å². The van der Waals surface area contributed by atoms with Crippen molar-refractivity contribution in [3.05, 3.63) is 34.0 Å². The third-order valence-corrected chi connectivity index (χ3v) is 6.63. The third kappa shape index (κ3) is 4.03. The molecule has 1 aromatic heterocycles. The Hall–Kier alpha value is -2.06. The smallest absolute Gasteiger partial charge is 0.231 e. The van der Waals surface area contributed by atoms with E-state index >= 15 is 0 Å². The number of nitrogens with one attached hydrogen (secondary N) is 1. The molecule has 0 spiro atoms. The van der Waals surface area contributed by atoms with Crippen molar-refractivity contribution < 1.29 is 14.0 Å². The quantitative estimate of drug-likeness (QED) is 0.793. The van der Waals surface area contributed by atoms with Crippen molar-refractivity contribution in [3.63, 3.8) is 0 Å². The molecule has 1 aromatic carbocycles. The Labute approximate surface area is 171 Å².